The Morgan fingerprint density at radius 1 is 1.22 bits per heavy atom. The van der Waals surface area contributed by atoms with Gasteiger partial charge in [-0.15, -0.1) is 0 Å². The first-order valence-electron chi connectivity index (χ1n) is 5.22. The zero-order chi connectivity index (χ0) is 13.1. The van der Waals surface area contributed by atoms with Crippen molar-refractivity contribution in [2.24, 2.45) is 0 Å². The molecule has 0 aromatic heterocycles. The van der Waals surface area contributed by atoms with E-state index in [1.54, 1.807) is 12.1 Å². The van der Waals surface area contributed by atoms with Gasteiger partial charge in [0.1, 0.15) is 0 Å². The quantitative estimate of drug-likeness (QED) is 0.864. The van der Waals surface area contributed by atoms with E-state index in [0.717, 1.165) is 15.7 Å². The van der Waals surface area contributed by atoms with Crippen LogP contribution in [0.25, 0.3) is 0 Å². The lowest BCUT2D eigenvalue weighted by molar-refractivity contribution is 0.432. The van der Waals surface area contributed by atoms with E-state index >= 15 is 0 Å². The molecular formula is C13H10BrClFNO. The van der Waals surface area contributed by atoms with Crippen LogP contribution in [0.5, 0.6) is 5.75 Å². The highest BCUT2D eigenvalue weighted by Gasteiger charge is 2.02. The van der Waals surface area contributed by atoms with Gasteiger partial charge in [-0.2, -0.15) is 0 Å². The minimum absolute atomic E-state index is 0.342. The molecule has 0 atom stereocenters. The van der Waals surface area contributed by atoms with Crippen molar-refractivity contribution in [2.45, 2.75) is 6.54 Å². The minimum atomic E-state index is -0.622. The maximum atomic E-state index is 13.1. The predicted octanol–water partition coefficient (Wildman–Crippen LogP) is 4.56. The van der Waals surface area contributed by atoms with Crippen molar-refractivity contribution < 1.29 is 9.50 Å². The number of phenols is 1. The van der Waals surface area contributed by atoms with Crippen LogP contribution >= 0.6 is 27.5 Å². The van der Waals surface area contributed by atoms with Gasteiger partial charge in [0.25, 0.3) is 0 Å². The molecule has 0 unspecified atom stereocenters. The van der Waals surface area contributed by atoms with Crippen molar-refractivity contribution in [1.29, 1.82) is 0 Å². The molecule has 18 heavy (non-hydrogen) atoms. The van der Waals surface area contributed by atoms with Gasteiger partial charge in [-0.05, 0) is 51.8 Å². The lowest BCUT2D eigenvalue weighted by Gasteiger charge is -2.08. The summed E-state index contributed by atoms with van der Waals surface area (Å²) in [4.78, 5) is 0. The summed E-state index contributed by atoms with van der Waals surface area (Å²) in [6.07, 6.45) is 0. The van der Waals surface area contributed by atoms with Crippen LogP contribution in [0, 0.1) is 5.82 Å². The Morgan fingerprint density at radius 2 is 2.00 bits per heavy atom. The lowest BCUT2D eigenvalue weighted by atomic mass is 10.2. The average molecular weight is 331 g/mol. The van der Waals surface area contributed by atoms with E-state index in [1.807, 2.05) is 12.1 Å². The monoisotopic (exact) mass is 329 g/mol. The molecule has 0 bridgehead atoms. The van der Waals surface area contributed by atoms with Crippen LogP contribution in [0.4, 0.5) is 10.1 Å². The molecule has 0 aliphatic carbocycles. The first-order valence-corrected chi connectivity index (χ1v) is 6.39. The molecule has 0 spiro atoms. The standard InChI is InChI=1S/C13H10BrClFNO/c14-10-3-2-9(6-11(10)15)17-7-8-1-4-13(18)12(16)5-8/h1-6,17-18H,7H2. The Kier molecular flexibility index (Phi) is 4.09. The number of benzene rings is 2. The molecular weight excluding hydrogens is 321 g/mol. The summed E-state index contributed by atoms with van der Waals surface area (Å²) in [5.41, 5.74) is 1.58. The summed E-state index contributed by atoms with van der Waals surface area (Å²) < 4.78 is 13.9. The summed E-state index contributed by atoms with van der Waals surface area (Å²) in [6, 6.07) is 9.77. The van der Waals surface area contributed by atoms with Crippen LogP contribution in [0.3, 0.4) is 0 Å². The van der Waals surface area contributed by atoms with Gasteiger partial charge < -0.3 is 10.4 Å². The Labute approximate surface area is 118 Å². The third-order valence-corrected chi connectivity index (χ3v) is 3.66. The van der Waals surface area contributed by atoms with Crippen molar-refractivity contribution in [1.82, 2.24) is 0 Å². The van der Waals surface area contributed by atoms with E-state index in [0.29, 0.717) is 11.6 Å². The Morgan fingerprint density at radius 3 is 2.67 bits per heavy atom. The summed E-state index contributed by atoms with van der Waals surface area (Å²) in [7, 11) is 0. The largest absolute Gasteiger partial charge is 0.505 e. The number of phenolic OH excluding ortho intramolecular Hbond substituents is 1. The maximum Gasteiger partial charge on any atom is 0.165 e. The van der Waals surface area contributed by atoms with Crippen molar-refractivity contribution in [3.05, 3.63) is 57.3 Å². The van der Waals surface area contributed by atoms with Gasteiger partial charge in [-0.25, -0.2) is 4.39 Å². The van der Waals surface area contributed by atoms with Crippen molar-refractivity contribution in [3.63, 3.8) is 0 Å². The Hall–Kier alpha value is -1.26. The molecule has 2 N–H and O–H groups in total. The molecule has 94 valence electrons. The first-order chi connectivity index (χ1) is 8.56. The van der Waals surface area contributed by atoms with E-state index < -0.39 is 5.82 Å². The number of aromatic hydroxyl groups is 1. The molecule has 0 fully saturated rings. The Balaban J connectivity index is 2.06. The number of halogens is 3. The summed E-state index contributed by atoms with van der Waals surface area (Å²) in [5.74, 6) is -0.964. The Bertz CT molecular complexity index is 525. The van der Waals surface area contributed by atoms with Crippen molar-refractivity contribution in [3.8, 4) is 5.75 Å². The van der Waals surface area contributed by atoms with Crippen molar-refractivity contribution in [2.75, 3.05) is 5.32 Å². The fraction of sp³-hybridized carbons (Fsp3) is 0.0769. The third-order valence-electron chi connectivity index (χ3n) is 2.43. The van der Waals surface area contributed by atoms with E-state index in [-0.39, 0.29) is 5.75 Å². The number of nitrogens with one attached hydrogen (secondary N) is 1. The molecule has 2 rings (SSSR count). The SMILES string of the molecule is Oc1ccc(CNc2ccc(Br)c(Cl)c2)cc1F. The molecule has 5 heteroatoms. The third kappa shape index (κ3) is 3.15. The molecule has 2 aromatic rings. The summed E-state index contributed by atoms with van der Waals surface area (Å²) in [6.45, 7) is 0.454. The first kappa shape index (κ1) is 13.2. The fourth-order valence-electron chi connectivity index (χ4n) is 1.47. The van der Waals surface area contributed by atoms with Crippen LogP contribution in [0.15, 0.2) is 40.9 Å². The van der Waals surface area contributed by atoms with Crippen LogP contribution in [0.2, 0.25) is 5.02 Å². The molecule has 2 aromatic carbocycles. The molecule has 0 saturated heterocycles. The predicted molar refractivity (Wildman–Crippen MR) is 74.5 cm³/mol. The molecule has 0 heterocycles. The number of anilines is 1. The topological polar surface area (TPSA) is 32.3 Å². The van der Waals surface area contributed by atoms with Crippen LogP contribution in [-0.2, 0) is 6.54 Å². The number of hydrogen-bond donors (Lipinski definition) is 2. The van der Waals surface area contributed by atoms with Crippen LogP contribution in [-0.4, -0.2) is 5.11 Å². The van der Waals surface area contributed by atoms with Gasteiger partial charge in [0, 0.05) is 16.7 Å². The number of hydrogen-bond acceptors (Lipinski definition) is 2. The normalized spacial score (nSPS) is 10.4. The summed E-state index contributed by atoms with van der Waals surface area (Å²) in [5, 5.41) is 12.8. The smallest absolute Gasteiger partial charge is 0.165 e. The second-order valence-corrected chi connectivity index (χ2v) is 5.03. The van der Waals surface area contributed by atoms with Gasteiger partial charge in [-0.3, -0.25) is 0 Å². The fourth-order valence-corrected chi connectivity index (χ4v) is 1.90. The maximum absolute atomic E-state index is 13.1. The lowest BCUT2D eigenvalue weighted by Crippen LogP contribution is -1.99. The average Bonchev–Trinajstić information content (AvgIpc) is 2.35. The molecule has 0 aliphatic heterocycles. The molecule has 0 saturated carbocycles. The zero-order valence-corrected chi connectivity index (χ0v) is 11.6. The van der Waals surface area contributed by atoms with E-state index in [9.17, 15) is 4.39 Å². The number of rotatable bonds is 3. The summed E-state index contributed by atoms with van der Waals surface area (Å²) >= 11 is 9.27. The minimum Gasteiger partial charge on any atom is -0.505 e. The zero-order valence-electron chi connectivity index (χ0n) is 9.25. The van der Waals surface area contributed by atoms with Gasteiger partial charge in [0.05, 0.1) is 5.02 Å². The van der Waals surface area contributed by atoms with Gasteiger partial charge in [0.15, 0.2) is 11.6 Å². The molecule has 0 aliphatic rings. The van der Waals surface area contributed by atoms with Gasteiger partial charge in [0.2, 0.25) is 0 Å². The molecule has 0 radical (unpaired) electrons. The second kappa shape index (κ2) is 5.59. The molecule has 2 nitrogen and oxygen atoms in total. The highest BCUT2D eigenvalue weighted by atomic mass is 79.9. The van der Waals surface area contributed by atoms with Crippen LogP contribution in [0.1, 0.15) is 5.56 Å². The van der Waals surface area contributed by atoms with Crippen molar-refractivity contribution >= 4 is 33.2 Å². The van der Waals surface area contributed by atoms with Crippen LogP contribution < -0.4 is 5.32 Å². The van der Waals surface area contributed by atoms with Gasteiger partial charge >= 0.3 is 0 Å². The highest BCUT2D eigenvalue weighted by Crippen LogP contribution is 2.26. The highest BCUT2D eigenvalue weighted by molar-refractivity contribution is 9.10. The van der Waals surface area contributed by atoms with Gasteiger partial charge in [-0.1, -0.05) is 17.7 Å². The second-order valence-electron chi connectivity index (χ2n) is 3.77. The van der Waals surface area contributed by atoms with E-state index in [1.165, 1.54) is 12.1 Å². The van der Waals surface area contributed by atoms with E-state index in [2.05, 4.69) is 21.2 Å². The molecule has 0 amide bonds. The van der Waals surface area contributed by atoms with E-state index in [4.69, 9.17) is 16.7 Å².